The maximum atomic E-state index is 13.1. The van der Waals surface area contributed by atoms with Crippen LogP contribution in [0.3, 0.4) is 0 Å². The fourth-order valence-corrected chi connectivity index (χ4v) is 5.14. The number of fused-ring (bicyclic) bond motifs is 1. The van der Waals surface area contributed by atoms with Gasteiger partial charge in [0.2, 0.25) is 11.8 Å². The Kier molecular flexibility index (Phi) is 5.68. The van der Waals surface area contributed by atoms with E-state index < -0.39 is 6.04 Å². The summed E-state index contributed by atoms with van der Waals surface area (Å²) in [5.74, 6) is -0.745. The lowest BCUT2D eigenvalue weighted by Crippen LogP contribution is -2.52. The molecule has 0 spiro atoms. The molecule has 2 unspecified atom stereocenters. The number of likely N-dealkylation sites (tertiary alicyclic amines) is 1. The van der Waals surface area contributed by atoms with E-state index in [1.54, 1.807) is 4.90 Å². The SMILES string of the molecule is CC(C)(CN)C1CCCCN1Cc1ccc2c(c1)C(=O)N(C1CCC(=O)NC1=O)C2. The minimum atomic E-state index is -0.567. The third-order valence-electron chi connectivity index (χ3n) is 7.02. The Hall–Kier alpha value is -2.25. The molecule has 3 aliphatic rings. The van der Waals surface area contributed by atoms with Crippen molar-refractivity contribution in [1.29, 1.82) is 0 Å². The number of carbonyl (C=O) groups excluding carboxylic acids is 3. The molecule has 3 heterocycles. The average Bonchev–Trinajstić information content (AvgIpc) is 3.04. The van der Waals surface area contributed by atoms with E-state index in [1.165, 1.54) is 12.8 Å². The molecular weight excluding hydrogens is 380 g/mol. The summed E-state index contributed by atoms with van der Waals surface area (Å²) in [6, 6.07) is 5.97. The van der Waals surface area contributed by atoms with Gasteiger partial charge in [0.1, 0.15) is 6.04 Å². The quantitative estimate of drug-likeness (QED) is 0.719. The van der Waals surface area contributed by atoms with Crippen LogP contribution in [-0.2, 0) is 22.7 Å². The molecule has 4 rings (SSSR count). The van der Waals surface area contributed by atoms with Crippen LogP contribution in [0.15, 0.2) is 18.2 Å². The molecular formula is C23H32N4O3. The van der Waals surface area contributed by atoms with E-state index in [4.69, 9.17) is 5.73 Å². The van der Waals surface area contributed by atoms with Crippen molar-refractivity contribution >= 4 is 17.7 Å². The number of nitrogens with one attached hydrogen (secondary N) is 1. The van der Waals surface area contributed by atoms with Crippen molar-refractivity contribution in [2.24, 2.45) is 11.1 Å². The molecule has 30 heavy (non-hydrogen) atoms. The number of piperidine rings is 2. The topological polar surface area (TPSA) is 95.7 Å². The Morgan fingerprint density at radius 1 is 1.17 bits per heavy atom. The Labute approximate surface area is 178 Å². The third-order valence-corrected chi connectivity index (χ3v) is 7.02. The van der Waals surface area contributed by atoms with Crippen molar-refractivity contribution in [3.63, 3.8) is 0 Å². The first-order valence-corrected chi connectivity index (χ1v) is 11.0. The van der Waals surface area contributed by atoms with Gasteiger partial charge in [0.15, 0.2) is 0 Å². The van der Waals surface area contributed by atoms with Crippen LogP contribution in [0.4, 0.5) is 0 Å². The summed E-state index contributed by atoms with van der Waals surface area (Å²) < 4.78 is 0. The molecule has 162 valence electrons. The van der Waals surface area contributed by atoms with Crippen molar-refractivity contribution < 1.29 is 14.4 Å². The number of benzene rings is 1. The van der Waals surface area contributed by atoms with Gasteiger partial charge in [-0.2, -0.15) is 0 Å². The van der Waals surface area contributed by atoms with Crippen molar-refractivity contribution in [3.8, 4) is 0 Å². The largest absolute Gasteiger partial charge is 0.330 e. The molecule has 3 N–H and O–H groups in total. The number of hydrogen-bond acceptors (Lipinski definition) is 5. The predicted molar refractivity (Wildman–Crippen MR) is 113 cm³/mol. The second-order valence-corrected chi connectivity index (χ2v) is 9.57. The van der Waals surface area contributed by atoms with Gasteiger partial charge in [0.25, 0.3) is 5.91 Å². The van der Waals surface area contributed by atoms with E-state index in [2.05, 4.69) is 30.1 Å². The number of rotatable bonds is 5. The van der Waals surface area contributed by atoms with Crippen LogP contribution in [0.5, 0.6) is 0 Å². The highest BCUT2D eigenvalue weighted by atomic mass is 16.2. The zero-order chi connectivity index (χ0) is 21.5. The fourth-order valence-electron chi connectivity index (χ4n) is 5.14. The summed E-state index contributed by atoms with van der Waals surface area (Å²) in [6.45, 7) is 7.39. The van der Waals surface area contributed by atoms with Gasteiger partial charge >= 0.3 is 0 Å². The van der Waals surface area contributed by atoms with Crippen molar-refractivity contribution in [2.45, 2.75) is 71.1 Å². The van der Waals surface area contributed by atoms with Crippen LogP contribution >= 0.6 is 0 Å². The summed E-state index contributed by atoms with van der Waals surface area (Å²) >= 11 is 0. The zero-order valence-electron chi connectivity index (χ0n) is 17.9. The standard InChI is InChI=1S/C23H32N4O3/c1-23(2,14-24)19-5-3-4-10-26(19)12-15-6-7-16-13-27(22(30)17(16)11-15)18-8-9-20(28)25-21(18)29/h6-7,11,18-19H,3-5,8-10,12-14,24H2,1-2H3,(H,25,28,29). The van der Waals surface area contributed by atoms with E-state index in [1.807, 2.05) is 12.1 Å². The molecule has 3 amide bonds. The molecule has 1 aromatic rings. The Morgan fingerprint density at radius 3 is 2.70 bits per heavy atom. The molecule has 0 aromatic heterocycles. The third kappa shape index (κ3) is 3.88. The van der Waals surface area contributed by atoms with Crippen LogP contribution < -0.4 is 11.1 Å². The van der Waals surface area contributed by atoms with Gasteiger partial charge in [-0.25, -0.2) is 0 Å². The first kappa shape index (κ1) is 21.0. The first-order valence-electron chi connectivity index (χ1n) is 11.0. The van der Waals surface area contributed by atoms with E-state index in [0.29, 0.717) is 31.1 Å². The Balaban J connectivity index is 1.51. The highest BCUT2D eigenvalue weighted by molar-refractivity contribution is 6.05. The number of nitrogens with zero attached hydrogens (tertiary/aromatic N) is 2. The normalized spacial score (nSPS) is 25.4. The monoisotopic (exact) mass is 412 g/mol. The molecule has 0 saturated carbocycles. The lowest BCUT2D eigenvalue weighted by atomic mass is 9.78. The molecule has 2 atom stereocenters. The molecule has 2 fully saturated rings. The van der Waals surface area contributed by atoms with E-state index >= 15 is 0 Å². The molecule has 0 aliphatic carbocycles. The maximum Gasteiger partial charge on any atom is 0.255 e. The van der Waals surface area contributed by atoms with Gasteiger partial charge in [0, 0.05) is 31.1 Å². The van der Waals surface area contributed by atoms with Crippen LogP contribution in [0, 0.1) is 5.41 Å². The first-order chi connectivity index (χ1) is 14.3. The number of nitrogens with two attached hydrogens (primary N) is 1. The summed E-state index contributed by atoms with van der Waals surface area (Å²) in [6.07, 6.45) is 4.23. The van der Waals surface area contributed by atoms with Crippen LogP contribution in [-0.4, -0.2) is 52.7 Å². The Morgan fingerprint density at radius 2 is 1.97 bits per heavy atom. The Bertz CT molecular complexity index is 866. The average molecular weight is 413 g/mol. The molecule has 7 heteroatoms. The van der Waals surface area contributed by atoms with Gasteiger partial charge in [-0.05, 0) is 55.0 Å². The molecule has 2 saturated heterocycles. The summed E-state index contributed by atoms with van der Waals surface area (Å²) in [5.41, 5.74) is 8.86. The van der Waals surface area contributed by atoms with Crippen molar-refractivity contribution in [1.82, 2.24) is 15.1 Å². The highest BCUT2D eigenvalue weighted by Gasteiger charge is 2.39. The van der Waals surface area contributed by atoms with Crippen molar-refractivity contribution in [2.75, 3.05) is 13.1 Å². The minimum Gasteiger partial charge on any atom is -0.330 e. The van der Waals surface area contributed by atoms with Gasteiger partial charge in [-0.3, -0.25) is 24.6 Å². The lowest BCUT2D eigenvalue weighted by molar-refractivity contribution is -0.136. The van der Waals surface area contributed by atoms with Crippen LogP contribution in [0.1, 0.15) is 67.4 Å². The highest BCUT2D eigenvalue weighted by Crippen LogP contribution is 2.34. The van der Waals surface area contributed by atoms with Gasteiger partial charge in [-0.1, -0.05) is 32.4 Å². The van der Waals surface area contributed by atoms with E-state index in [0.717, 1.165) is 30.6 Å². The minimum absolute atomic E-state index is 0.0511. The zero-order valence-corrected chi connectivity index (χ0v) is 17.9. The maximum absolute atomic E-state index is 13.1. The van der Waals surface area contributed by atoms with Gasteiger partial charge in [0.05, 0.1) is 0 Å². The lowest BCUT2D eigenvalue weighted by Gasteiger charge is -2.44. The molecule has 0 bridgehead atoms. The molecule has 3 aliphatic heterocycles. The van der Waals surface area contributed by atoms with Gasteiger partial charge < -0.3 is 10.6 Å². The second kappa shape index (κ2) is 8.12. The van der Waals surface area contributed by atoms with Crippen LogP contribution in [0.25, 0.3) is 0 Å². The second-order valence-electron chi connectivity index (χ2n) is 9.57. The smallest absolute Gasteiger partial charge is 0.255 e. The molecule has 1 aromatic carbocycles. The van der Waals surface area contributed by atoms with Crippen molar-refractivity contribution in [3.05, 3.63) is 34.9 Å². The summed E-state index contributed by atoms with van der Waals surface area (Å²) in [7, 11) is 0. The van der Waals surface area contributed by atoms with Crippen LogP contribution in [0.2, 0.25) is 0 Å². The summed E-state index contributed by atoms with van der Waals surface area (Å²) in [4.78, 5) is 40.9. The predicted octanol–water partition coefficient (Wildman–Crippen LogP) is 1.79. The van der Waals surface area contributed by atoms with E-state index in [9.17, 15) is 14.4 Å². The number of imide groups is 1. The summed E-state index contributed by atoms with van der Waals surface area (Å²) in [5, 5.41) is 2.35. The number of carbonyl (C=O) groups is 3. The molecule has 0 radical (unpaired) electrons. The number of amides is 3. The molecule has 7 nitrogen and oxygen atoms in total. The van der Waals surface area contributed by atoms with Gasteiger partial charge in [-0.15, -0.1) is 0 Å². The van der Waals surface area contributed by atoms with E-state index in [-0.39, 0.29) is 29.6 Å². The fraction of sp³-hybridized carbons (Fsp3) is 0.609. The number of hydrogen-bond donors (Lipinski definition) is 2.